The first-order valence-corrected chi connectivity index (χ1v) is 10.2. The van der Waals surface area contributed by atoms with Crippen LogP contribution >= 0.6 is 0 Å². The number of carbonyl (C=O) groups excluding carboxylic acids is 1. The number of ether oxygens (including phenoxy) is 3. The third-order valence-corrected chi connectivity index (χ3v) is 5.09. The quantitative estimate of drug-likeness (QED) is 0.610. The molecule has 1 aromatic heterocycles. The summed E-state index contributed by atoms with van der Waals surface area (Å²) in [6, 6.07) is 16.2. The fourth-order valence-electron chi connectivity index (χ4n) is 3.41. The molecule has 1 aliphatic heterocycles. The van der Waals surface area contributed by atoms with E-state index in [9.17, 15) is 4.79 Å². The molecule has 166 valence electrons. The van der Waals surface area contributed by atoms with Crippen molar-refractivity contribution in [3.05, 3.63) is 54.6 Å². The molecule has 2 N–H and O–H groups in total. The van der Waals surface area contributed by atoms with Gasteiger partial charge in [0.05, 0.1) is 33.1 Å². The molecule has 2 aromatic carbocycles. The second kappa shape index (κ2) is 9.97. The first-order chi connectivity index (χ1) is 15.7. The molecule has 0 bridgehead atoms. The van der Waals surface area contributed by atoms with Crippen molar-refractivity contribution >= 4 is 23.2 Å². The minimum atomic E-state index is -0.407. The van der Waals surface area contributed by atoms with E-state index in [1.54, 1.807) is 18.2 Å². The molecule has 4 rings (SSSR count). The molecule has 32 heavy (non-hydrogen) atoms. The standard InChI is InChI=1S/C23H25N5O4/c1-30-19-4-3-5-20(31-2)22(19)25-23(29)24-17-8-6-16(7-9-17)18-10-11-21(27-26-18)28-12-14-32-15-13-28/h3-11H,12-15H2,1-2H3,(H2,24,25,29). The van der Waals surface area contributed by atoms with E-state index < -0.39 is 6.03 Å². The van der Waals surface area contributed by atoms with E-state index >= 15 is 0 Å². The number of rotatable bonds is 6. The summed E-state index contributed by atoms with van der Waals surface area (Å²) in [5.41, 5.74) is 2.76. The van der Waals surface area contributed by atoms with Crippen molar-refractivity contribution < 1.29 is 19.0 Å². The third-order valence-electron chi connectivity index (χ3n) is 5.09. The number of aromatic nitrogens is 2. The Morgan fingerprint density at radius 1 is 0.906 bits per heavy atom. The summed E-state index contributed by atoms with van der Waals surface area (Å²) in [4.78, 5) is 14.6. The van der Waals surface area contributed by atoms with Crippen LogP contribution in [0.2, 0.25) is 0 Å². The number of hydrogen-bond acceptors (Lipinski definition) is 7. The fourth-order valence-corrected chi connectivity index (χ4v) is 3.41. The predicted octanol–water partition coefficient (Wildman–Crippen LogP) is 3.64. The van der Waals surface area contributed by atoms with Crippen LogP contribution in [0.25, 0.3) is 11.3 Å². The van der Waals surface area contributed by atoms with Gasteiger partial charge in [0.2, 0.25) is 0 Å². The summed E-state index contributed by atoms with van der Waals surface area (Å²) in [6.45, 7) is 3.04. The zero-order valence-corrected chi connectivity index (χ0v) is 18.0. The highest BCUT2D eigenvalue weighted by molar-refractivity contribution is 6.01. The maximum absolute atomic E-state index is 12.5. The van der Waals surface area contributed by atoms with Gasteiger partial charge >= 0.3 is 6.03 Å². The highest BCUT2D eigenvalue weighted by Crippen LogP contribution is 2.34. The smallest absolute Gasteiger partial charge is 0.323 e. The molecule has 2 amide bonds. The minimum absolute atomic E-state index is 0.407. The van der Waals surface area contributed by atoms with Crippen molar-refractivity contribution in [3.63, 3.8) is 0 Å². The van der Waals surface area contributed by atoms with Gasteiger partial charge in [-0.05, 0) is 36.4 Å². The molecular formula is C23H25N5O4. The zero-order valence-electron chi connectivity index (χ0n) is 18.0. The summed E-state index contributed by atoms with van der Waals surface area (Å²) in [6.07, 6.45) is 0. The Morgan fingerprint density at radius 3 is 2.19 bits per heavy atom. The predicted molar refractivity (Wildman–Crippen MR) is 123 cm³/mol. The average molecular weight is 435 g/mol. The molecule has 2 heterocycles. The van der Waals surface area contributed by atoms with Gasteiger partial charge in [0.1, 0.15) is 17.2 Å². The van der Waals surface area contributed by atoms with Crippen LogP contribution in [0.15, 0.2) is 54.6 Å². The highest BCUT2D eigenvalue weighted by atomic mass is 16.5. The summed E-state index contributed by atoms with van der Waals surface area (Å²) in [7, 11) is 3.07. The van der Waals surface area contributed by atoms with Crippen LogP contribution in [0.3, 0.4) is 0 Å². The van der Waals surface area contributed by atoms with Crippen LogP contribution < -0.4 is 25.0 Å². The number of nitrogens with zero attached hydrogens (tertiary/aromatic N) is 3. The van der Waals surface area contributed by atoms with Crippen LogP contribution in [0.5, 0.6) is 11.5 Å². The molecule has 0 saturated carbocycles. The Bertz CT molecular complexity index is 1030. The monoisotopic (exact) mass is 435 g/mol. The van der Waals surface area contributed by atoms with Crippen LogP contribution in [0.4, 0.5) is 22.0 Å². The van der Waals surface area contributed by atoms with Gasteiger partial charge in [-0.3, -0.25) is 0 Å². The summed E-state index contributed by atoms with van der Waals surface area (Å²) >= 11 is 0. The lowest BCUT2D eigenvalue weighted by Crippen LogP contribution is -2.36. The van der Waals surface area contributed by atoms with Crippen LogP contribution in [0.1, 0.15) is 0 Å². The lowest BCUT2D eigenvalue weighted by molar-refractivity contribution is 0.122. The van der Waals surface area contributed by atoms with Crippen molar-refractivity contribution in [3.8, 4) is 22.8 Å². The molecule has 0 radical (unpaired) electrons. The molecule has 0 atom stereocenters. The first-order valence-electron chi connectivity index (χ1n) is 10.2. The van der Waals surface area contributed by atoms with Gasteiger partial charge in [0, 0.05) is 24.3 Å². The number of benzene rings is 2. The van der Waals surface area contributed by atoms with E-state index in [-0.39, 0.29) is 0 Å². The number of hydrogen-bond donors (Lipinski definition) is 2. The first kappa shape index (κ1) is 21.4. The van der Waals surface area contributed by atoms with Crippen LogP contribution in [-0.2, 0) is 4.74 Å². The molecule has 1 aliphatic rings. The van der Waals surface area contributed by atoms with E-state index in [2.05, 4.69) is 25.7 Å². The molecule has 3 aromatic rings. The number of nitrogens with one attached hydrogen (secondary N) is 2. The van der Waals surface area contributed by atoms with Crippen molar-refractivity contribution in [1.29, 1.82) is 0 Å². The van der Waals surface area contributed by atoms with E-state index in [1.807, 2.05) is 36.4 Å². The Kier molecular flexibility index (Phi) is 6.66. The maximum atomic E-state index is 12.5. The highest BCUT2D eigenvalue weighted by Gasteiger charge is 2.14. The van der Waals surface area contributed by atoms with Crippen molar-refractivity contribution in [2.45, 2.75) is 0 Å². The number of para-hydroxylation sites is 1. The van der Waals surface area contributed by atoms with Gasteiger partial charge in [-0.15, -0.1) is 10.2 Å². The van der Waals surface area contributed by atoms with Gasteiger partial charge in [-0.25, -0.2) is 4.79 Å². The molecule has 9 nitrogen and oxygen atoms in total. The van der Waals surface area contributed by atoms with Gasteiger partial charge in [-0.2, -0.15) is 0 Å². The lowest BCUT2D eigenvalue weighted by atomic mass is 10.1. The number of anilines is 3. The normalized spacial score (nSPS) is 13.4. The second-order valence-electron chi connectivity index (χ2n) is 7.07. The lowest BCUT2D eigenvalue weighted by Gasteiger charge is -2.27. The van der Waals surface area contributed by atoms with Crippen molar-refractivity contribution in [2.75, 3.05) is 56.1 Å². The second-order valence-corrected chi connectivity index (χ2v) is 7.07. The SMILES string of the molecule is COc1cccc(OC)c1NC(=O)Nc1ccc(-c2ccc(N3CCOCC3)nn2)cc1. The van der Waals surface area contributed by atoms with E-state index in [1.165, 1.54) is 14.2 Å². The summed E-state index contributed by atoms with van der Waals surface area (Å²) in [5, 5.41) is 14.3. The molecule has 0 unspecified atom stereocenters. The summed E-state index contributed by atoms with van der Waals surface area (Å²) in [5.74, 6) is 1.86. The number of urea groups is 1. The third kappa shape index (κ3) is 4.89. The van der Waals surface area contributed by atoms with Crippen molar-refractivity contribution in [2.24, 2.45) is 0 Å². The number of methoxy groups -OCH3 is 2. The molecule has 1 fully saturated rings. The summed E-state index contributed by atoms with van der Waals surface area (Å²) < 4.78 is 16.0. The molecule has 1 saturated heterocycles. The van der Waals surface area contributed by atoms with E-state index in [0.717, 1.165) is 30.2 Å². The Hall–Kier alpha value is -3.85. The number of morpholine rings is 1. The fraction of sp³-hybridized carbons (Fsp3) is 0.261. The van der Waals surface area contributed by atoms with Crippen molar-refractivity contribution in [1.82, 2.24) is 10.2 Å². The maximum Gasteiger partial charge on any atom is 0.323 e. The van der Waals surface area contributed by atoms with Crippen LogP contribution in [0, 0.1) is 0 Å². The topological polar surface area (TPSA) is 97.8 Å². The Balaban J connectivity index is 1.40. The van der Waals surface area contributed by atoms with Gasteiger partial charge in [-0.1, -0.05) is 18.2 Å². The van der Waals surface area contributed by atoms with E-state index in [0.29, 0.717) is 36.1 Å². The van der Waals surface area contributed by atoms with Crippen LogP contribution in [-0.4, -0.2) is 56.8 Å². The molecule has 0 spiro atoms. The number of amides is 2. The average Bonchev–Trinajstić information content (AvgIpc) is 2.85. The number of carbonyl (C=O) groups is 1. The molecule has 9 heteroatoms. The van der Waals surface area contributed by atoms with E-state index in [4.69, 9.17) is 14.2 Å². The minimum Gasteiger partial charge on any atom is -0.494 e. The zero-order chi connectivity index (χ0) is 22.3. The van der Waals surface area contributed by atoms with Gasteiger partial charge in [0.25, 0.3) is 0 Å². The largest absolute Gasteiger partial charge is 0.494 e. The van der Waals surface area contributed by atoms with Gasteiger partial charge < -0.3 is 29.7 Å². The van der Waals surface area contributed by atoms with Gasteiger partial charge in [0.15, 0.2) is 5.82 Å². The molecular weight excluding hydrogens is 410 g/mol. The Morgan fingerprint density at radius 2 is 1.59 bits per heavy atom. The molecule has 0 aliphatic carbocycles. The Labute approximate surface area is 186 Å².